The third-order valence-electron chi connectivity index (χ3n) is 3.68. The Labute approximate surface area is 111 Å². The SMILES string of the molecule is CC(C)CCCCNC(=O)N1CC[C@@H]([C@H](C)O)C1. The van der Waals surface area contributed by atoms with Gasteiger partial charge in [0.25, 0.3) is 0 Å². The predicted molar refractivity (Wildman–Crippen MR) is 73.4 cm³/mol. The van der Waals surface area contributed by atoms with E-state index in [1.807, 2.05) is 4.90 Å². The minimum Gasteiger partial charge on any atom is -0.393 e. The first-order chi connectivity index (χ1) is 8.50. The number of hydrogen-bond donors (Lipinski definition) is 2. The van der Waals surface area contributed by atoms with Crippen LogP contribution in [0.3, 0.4) is 0 Å². The van der Waals surface area contributed by atoms with Crippen LogP contribution in [0.4, 0.5) is 4.79 Å². The second-order valence-electron chi connectivity index (χ2n) is 5.86. The molecule has 4 heteroatoms. The quantitative estimate of drug-likeness (QED) is 0.716. The summed E-state index contributed by atoms with van der Waals surface area (Å²) in [6.45, 7) is 8.47. The summed E-state index contributed by atoms with van der Waals surface area (Å²) in [5.41, 5.74) is 0. The summed E-state index contributed by atoms with van der Waals surface area (Å²) < 4.78 is 0. The average molecular weight is 256 g/mol. The summed E-state index contributed by atoms with van der Waals surface area (Å²) in [7, 11) is 0. The van der Waals surface area contributed by atoms with Gasteiger partial charge in [-0.05, 0) is 25.7 Å². The highest BCUT2D eigenvalue weighted by Gasteiger charge is 2.28. The van der Waals surface area contributed by atoms with Gasteiger partial charge in [0, 0.05) is 25.6 Å². The average Bonchev–Trinajstić information content (AvgIpc) is 2.77. The molecule has 1 rings (SSSR count). The van der Waals surface area contributed by atoms with Gasteiger partial charge in [0.2, 0.25) is 0 Å². The number of unbranched alkanes of at least 4 members (excludes halogenated alkanes) is 1. The number of aliphatic hydroxyl groups is 1. The van der Waals surface area contributed by atoms with Crippen molar-refractivity contribution in [2.24, 2.45) is 11.8 Å². The molecule has 0 aromatic carbocycles. The number of aliphatic hydroxyl groups excluding tert-OH is 1. The third-order valence-corrected chi connectivity index (χ3v) is 3.68. The van der Waals surface area contributed by atoms with Gasteiger partial charge in [-0.15, -0.1) is 0 Å². The van der Waals surface area contributed by atoms with Crippen molar-refractivity contribution in [2.45, 2.75) is 52.6 Å². The minimum atomic E-state index is -0.311. The second kappa shape index (κ2) is 7.62. The molecule has 1 aliphatic heterocycles. The van der Waals surface area contributed by atoms with E-state index in [1.165, 1.54) is 12.8 Å². The van der Waals surface area contributed by atoms with Crippen LogP contribution in [0.5, 0.6) is 0 Å². The molecule has 0 spiro atoms. The van der Waals surface area contributed by atoms with Gasteiger partial charge in [-0.1, -0.05) is 26.7 Å². The van der Waals surface area contributed by atoms with Gasteiger partial charge in [-0.25, -0.2) is 4.79 Å². The molecule has 0 saturated carbocycles. The summed E-state index contributed by atoms with van der Waals surface area (Å²) in [6, 6.07) is 0.0303. The minimum absolute atomic E-state index is 0.0303. The van der Waals surface area contributed by atoms with Crippen LogP contribution in [0.1, 0.15) is 46.5 Å². The molecule has 0 radical (unpaired) electrons. The topological polar surface area (TPSA) is 52.6 Å². The lowest BCUT2D eigenvalue weighted by atomic mass is 10.0. The zero-order valence-corrected chi connectivity index (χ0v) is 12.0. The molecule has 1 fully saturated rings. The molecule has 0 aliphatic carbocycles. The van der Waals surface area contributed by atoms with Gasteiger partial charge in [-0.3, -0.25) is 0 Å². The number of carbonyl (C=O) groups is 1. The lowest BCUT2D eigenvalue weighted by Crippen LogP contribution is -2.39. The molecule has 0 aromatic heterocycles. The van der Waals surface area contributed by atoms with Crippen LogP contribution in [-0.2, 0) is 0 Å². The number of amides is 2. The Morgan fingerprint density at radius 1 is 1.39 bits per heavy atom. The van der Waals surface area contributed by atoms with E-state index in [-0.39, 0.29) is 18.1 Å². The van der Waals surface area contributed by atoms with Gasteiger partial charge >= 0.3 is 6.03 Å². The number of nitrogens with one attached hydrogen (secondary N) is 1. The third kappa shape index (κ3) is 5.25. The summed E-state index contributed by atoms with van der Waals surface area (Å²) in [4.78, 5) is 13.7. The van der Waals surface area contributed by atoms with Crippen LogP contribution in [0.25, 0.3) is 0 Å². The molecule has 0 aromatic rings. The van der Waals surface area contributed by atoms with E-state index in [2.05, 4.69) is 19.2 Å². The Morgan fingerprint density at radius 2 is 2.11 bits per heavy atom. The monoisotopic (exact) mass is 256 g/mol. The van der Waals surface area contributed by atoms with Gasteiger partial charge in [0.1, 0.15) is 0 Å². The Morgan fingerprint density at radius 3 is 2.67 bits per heavy atom. The van der Waals surface area contributed by atoms with Crippen molar-refractivity contribution in [3.05, 3.63) is 0 Å². The zero-order valence-electron chi connectivity index (χ0n) is 12.0. The first-order valence-corrected chi connectivity index (χ1v) is 7.21. The van der Waals surface area contributed by atoms with Crippen LogP contribution in [0.15, 0.2) is 0 Å². The Balaban J connectivity index is 2.11. The van der Waals surface area contributed by atoms with Crippen molar-refractivity contribution in [1.29, 1.82) is 0 Å². The molecule has 4 nitrogen and oxygen atoms in total. The van der Waals surface area contributed by atoms with Crippen LogP contribution in [0.2, 0.25) is 0 Å². The molecule has 18 heavy (non-hydrogen) atoms. The van der Waals surface area contributed by atoms with Crippen molar-refractivity contribution in [3.63, 3.8) is 0 Å². The van der Waals surface area contributed by atoms with Crippen molar-refractivity contribution in [2.75, 3.05) is 19.6 Å². The highest BCUT2D eigenvalue weighted by atomic mass is 16.3. The van der Waals surface area contributed by atoms with E-state index in [1.54, 1.807) is 6.92 Å². The fourth-order valence-electron chi connectivity index (χ4n) is 2.35. The maximum atomic E-state index is 11.8. The normalized spacial score (nSPS) is 21.4. The van der Waals surface area contributed by atoms with Crippen LogP contribution < -0.4 is 5.32 Å². The maximum absolute atomic E-state index is 11.8. The fourth-order valence-corrected chi connectivity index (χ4v) is 2.35. The first-order valence-electron chi connectivity index (χ1n) is 7.21. The van der Waals surface area contributed by atoms with E-state index < -0.39 is 0 Å². The molecular weight excluding hydrogens is 228 g/mol. The Hall–Kier alpha value is -0.770. The van der Waals surface area contributed by atoms with Crippen molar-refractivity contribution >= 4 is 6.03 Å². The number of urea groups is 1. The van der Waals surface area contributed by atoms with Crippen LogP contribution in [-0.4, -0.2) is 41.8 Å². The fraction of sp³-hybridized carbons (Fsp3) is 0.929. The number of likely N-dealkylation sites (tertiary alicyclic amines) is 1. The number of hydrogen-bond acceptors (Lipinski definition) is 2. The second-order valence-corrected chi connectivity index (χ2v) is 5.86. The van der Waals surface area contributed by atoms with Crippen molar-refractivity contribution in [1.82, 2.24) is 10.2 Å². The van der Waals surface area contributed by atoms with Crippen LogP contribution in [0, 0.1) is 11.8 Å². The Kier molecular flexibility index (Phi) is 6.47. The molecule has 0 unspecified atom stereocenters. The maximum Gasteiger partial charge on any atom is 0.317 e. The first kappa shape index (κ1) is 15.3. The van der Waals surface area contributed by atoms with E-state index in [0.29, 0.717) is 6.54 Å². The lowest BCUT2D eigenvalue weighted by molar-refractivity contribution is 0.129. The van der Waals surface area contributed by atoms with Crippen molar-refractivity contribution in [3.8, 4) is 0 Å². The van der Waals surface area contributed by atoms with E-state index in [9.17, 15) is 9.90 Å². The van der Waals surface area contributed by atoms with Gasteiger partial charge in [0.05, 0.1) is 6.10 Å². The number of nitrogens with zero attached hydrogens (tertiary/aromatic N) is 1. The number of rotatable bonds is 6. The molecule has 106 valence electrons. The van der Waals surface area contributed by atoms with Crippen molar-refractivity contribution < 1.29 is 9.90 Å². The summed E-state index contributed by atoms with van der Waals surface area (Å²) in [5, 5.41) is 12.5. The highest BCUT2D eigenvalue weighted by Crippen LogP contribution is 2.19. The lowest BCUT2D eigenvalue weighted by Gasteiger charge is -2.18. The Bertz CT molecular complexity index is 254. The number of carbonyl (C=O) groups excluding carboxylic acids is 1. The smallest absolute Gasteiger partial charge is 0.317 e. The largest absolute Gasteiger partial charge is 0.393 e. The van der Waals surface area contributed by atoms with Gasteiger partial charge < -0.3 is 15.3 Å². The summed E-state index contributed by atoms with van der Waals surface area (Å²) in [5.74, 6) is 0.989. The zero-order chi connectivity index (χ0) is 13.5. The van der Waals surface area contributed by atoms with E-state index in [0.717, 1.165) is 31.8 Å². The van der Waals surface area contributed by atoms with E-state index in [4.69, 9.17) is 0 Å². The molecule has 1 saturated heterocycles. The molecule has 0 bridgehead atoms. The molecular formula is C14H28N2O2. The molecule has 2 atom stereocenters. The van der Waals surface area contributed by atoms with E-state index >= 15 is 0 Å². The molecule has 1 heterocycles. The highest BCUT2D eigenvalue weighted by molar-refractivity contribution is 5.74. The summed E-state index contributed by atoms with van der Waals surface area (Å²) >= 11 is 0. The van der Waals surface area contributed by atoms with Crippen LogP contribution >= 0.6 is 0 Å². The standard InChI is InChI=1S/C14H28N2O2/c1-11(2)6-4-5-8-15-14(18)16-9-7-13(10-16)12(3)17/h11-13,17H,4-10H2,1-3H3,(H,15,18)/t12-,13+/m0/s1. The predicted octanol–water partition coefficient (Wildman–Crippen LogP) is 2.23. The molecule has 2 N–H and O–H groups in total. The van der Waals surface area contributed by atoms with Gasteiger partial charge in [0.15, 0.2) is 0 Å². The molecule has 2 amide bonds. The summed E-state index contributed by atoms with van der Waals surface area (Å²) in [6.07, 6.45) is 4.06. The molecule has 1 aliphatic rings. The van der Waals surface area contributed by atoms with Gasteiger partial charge in [-0.2, -0.15) is 0 Å².